The lowest BCUT2D eigenvalue weighted by Gasteiger charge is -2.38. The fourth-order valence-corrected chi connectivity index (χ4v) is 1.84. The maximum absolute atomic E-state index is 12.0. The van der Waals surface area contributed by atoms with Crippen molar-refractivity contribution in [1.82, 2.24) is 5.32 Å². The van der Waals surface area contributed by atoms with E-state index in [4.69, 9.17) is 15.2 Å². The number of carbonyl (C=O) groups excluding carboxylic acids is 1. The number of anilines is 1. The summed E-state index contributed by atoms with van der Waals surface area (Å²) in [6.07, 6.45) is 0. The van der Waals surface area contributed by atoms with E-state index in [9.17, 15) is 4.79 Å². The summed E-state index contributed by atoms with van der Waals surface area (Å²) in [6, 6.07) is 5.00. The molecule has 3 N–H and O–H groups in total. The highest BCUT2D eigenvalue weighted by atomic mass is 16.5. The van der Waals surface area contributed by atoms with Crippen molar-refractivity contribution in [2.45, 2.75) is 6.92 Å². The predicted octanol–water partition coefficient (Wildman–Crippen LogP) is 1.04. The molecule has 5 nitrogen and oxygen atoms in total. The zero-order valence-corrected chi connectivity index (χ0v) is 10.7. The molecule has 1 fully saturated rings. The highest BCUT2D eigenvalue weighted by Gasteiger charge is 2.33. The maximum atomic E-state index is 12.0. The number of amides is 1. The number of hydrogen-bond acceptors (Lipinski definition) is 4. The molecule has 0 aliphatic carbocycles. The van der Waals surface area contributed by atoms with Crippen LogP contribution in [0.5, 0.6) is 5.75 Å². The van der Waals surface area contributed by atoms with Crippen LogP contribution in [0.3, 0.4) is 0 Å². The lowest BCUT2D eigenvalue weighted by atomic mass is 9.88. The third kappa shape index (κ3) is 2.56. The van der Waals surface area contributed by atoms with Gasteiger partial charge in [-0.1, -0.05) is 6.92 Å². The van der Waals surface area contributed by atoms with Crippen LogP contribution in [-0.4, -0.2) is 32.8 Å². The third-order valence-corrected chi connectivity index (χ3v) is 3.05. The van der Waals surface area contributed by atoms with Crippen LogP contribution in [0, 0.1) is 5.41 Å². The minimum absolute atomic E-state index is 0.0523. The molecule has 0 radical (unpaired) electrons. The van der Waals surface area contributed by atoms with Crippen molar-refractivity contribution in [3.63, 3.8) is 0 Å². The van der Waals surface area contributed by atoms with Crippen molar-refractivity contribution in [3.8, 4) is 5.75 Å². The average molecular weight is 250 g/mol. The van der Waals surface area contributed by atoms with Gasteiger partial charge in [0.1, 0.15) is 5.75 Å². The van der Waals surface area contributed by atoms with Crippen molar-refractivity contribution in [1.29, 1.82) is 0 Å². The number of rotatable bonds is 4. The highest BCUT2D eigenvalue weighted by Crippen LogP contribution is 2.26. The Balaban J connectivity index is 2.04. The molecule has 5 heteroatoms. The Kier molecular flexibility index (Phi) is 3.43. The van der Waals surface area contributed by atoms with E-state index in [1.54, 1.807) is 18.2 Å². The van der Waals surface area contributed by atoms with E-state index in [0.717, 1.165) is 0 Å². The second kappa shape index (κ2) is 4.86. The standard InChI is InChI=1S/C13H18N2O3/c1-13(7-18-8-13)6-15-12(16)10-4-3-9(14)5-11(10)17-2/h3-5H,6-8,14H2,1-2H3,(H,15,16). The molecule has 1 aliphatic rings. The maximum Gasteiger partial charge on any atom is 0.255 e. The summed E-state index contributed by atoms with van der Waals surface area (Å²) in [7, 11) is 1.52. The zero-order chi connectivity index (χ0) is 13.2. The van der Waals surface area contributed by atoms with Crippen LogP contribution in [0.4, 0.5) is 5.69 Å². The van der Waals surface area contributed by atoms with Gasteiger partial charge >= 0.3 is 0 Å². The molecule has 1 aliphatic heterocycles. The van der Waals surface area contributed by atoms with Crippen molar-refractivity contribution in [2.24, 2.45) is 5.41 Å². The van der Waals surface area contributed by atoms with Crippen LogP contribution in [0.1, 0.15) is 17.3 Å². The summed E-state index contributed by atoms with van der Waals surface area (Å²) in [4.78, 5) is 12.0. The Bertz CT molecular complexity index is 456. The van der Waals surface area contributed by atoms with Gasteiger partial charge in [-0.05, 0) is 12.1 Å². The molecule has 0 unspecified atom stereocenters. The average Bonchev–Trinajstić information content (AvgIpc) is 2.33. The summed E-state index contributed by atoms with van der Waals surface area (Å²) < 4.78 is 10.3. The molecule has 1 saturated heterocycles. The first-order chi connectivity index (χ1) is 8.54. The van der Waals surface area contributed by atoms with Gasteiger partial charge in [0.2, 0.25) is 0 Å². The molecule has 1 aromatic carbocycles. The number of carbonyl (C=O) groups is 1. The summed E-state index contributed by atoms with van der Waals surface area (Å²) in [5.41, 5.74) is 6.77. The number of benzene rings is 1. The number of ether oxygens (including phenoxy) is 2. The van der Waals surface area contributed by atoms with Gasteiger partial charge in [-0.2, -0.15) is 0 Å². The van der Waals surface area contributed by atoms with Crippen LogP contribution < -0.4 is 15.8 Å². The van der Waals surface area contributed by atoms with Crippen LogP contribution in [0.25, 0.3) is 0 Å². The molecular formula is C13H18N2O3. The Morgan fingerprint density at radius 1 is 1.56 bits per heavy atom. The smallest absolute Gasteiger partial charge is 0.255 e. The van der Waals surface area contributed by atoms with Crippen LogP contribution in [-0.2, 0) is 4.74 Å². The molecule has 0 atom stereocenters. The molecule has 1 amide bonds. The second-order valence-corrected chi connectivity index (χ2v) is 4.95. The van der Waals surface area contributed by atoms with Gasteiger partial charge in [0.15, 0.2) is 0 Å². The second-order valence-electron chi connectivity index (χ2n) is 4.95. The predicted molar refractivity (Wildman–Crippen MR) is 68.7 cm³/mol. The zero-order valence-electron chi connectivity index (χ0n) is 10.7. The summed E-state index contributed by atoms with van der Waals surface area (Å²) in [5.74, 6) is 0.336. The lowest BCUT2D eigenvalue weighted by molar-refractivity contribution is -0.0978. The Hall–Kier alpha value is -1.75. The summed E-state index contributed by atoms with van der Waals surface area (Å²) in [6.45, 7) is 4.05. The third-order valence-electron chi connectivity index (χ3n) is 3.05. The van der Waals surface area contributed by atoms with Gasteiger partial charge in [-0.25, -0.2) is 0 Å². The SMILES string of the molecule is COc1cc(N)ccc1C(=O)NCC1(C)COC1. The van der Waals surface area contributed by atoms with E-state index in [0.29, 0.717) is 36.8 Å². The first-order valence-corrected chi connectivity index (χ1v) is 5.83. The normalized spacial score (nSPS) is 16.8. The summed E-state index contributed by atoms with van der Waals surface area (Å²) >= 11 is 0. The topological polar surface area (TPSA) is 73.6 Å². The van der Waals surface area contributed by atoms with Gasteiger partial charge in [0.05, 0.1) is 25.9 Å². The lowest BCUT2D eigenvalue weighted by Crippen LogP contribution is -2.48. The van der Waals surface area contributed by atoms with Crippen molar-refractivity contribution in [3.05, 3.63) is 23.8 Å². The fraction of sp³-hybridized carbons (Fsp3) is 0.462. The Morgan fingerprint density at radius 3 is 2.83 bits per heavy atom. The summed E-state index contributed by atoms with van der Waals surface area (Å²) in [5, 5.41) is 2.90. The molecule has 2 rings (SSSR count). The Morgan fingerprint density at radius 2 is 2.28 bits per heavy atom. The first kappa shape index (κ1) is 12.7. The largest absolute Gasteiger partial charge is 0.496 e. The van der Waals surface area contributed by atoms with Crippen molar-refractivity contribution in [2.75, 3.05) is 32.6 Å². The number of methoxy groups -OCH3 is 1. The van der Waals surface area contributed by atoms with Crippen molar-refractivity contribution >= 4 is 11.6 Å². The van der Waals surface area contributed by atoms with E-state index < -0.39 is 0 Å². The highest BCUT2D eigenvalue weighted by molar-refractivity contribution is 5.97. The molecule has 0 bridgehead atoms. The van der Waals surface area contributed by atoms with E-state index in [1.807, 2.05) is 0 Å². The minimum Gasteiger partial charge on any atom is -0.496 e. The van der Waals surface area contributed by atoms with Gasteiger partial charge < -0.3 is 20.5 Å². The van der Waals surface area contributed by atoms with Crippen LogP contribution in [0.15, 0.2) is 18.2 Å². The number of nitrogens with two attached hydrogens (primary N) is 1. The molecule has 0 saturated carbocycles. The first-order valence-electron chi connectivity index (χ1n) is 5.83. The molecule has 1 aromatic rings. The number of hydrogen-bond donors (Lipinski definition) is 2. The molecule has 0 aromatic heterocycles. The van der Waals surface area contributed by atoms with Gasteiger partial charge in [-0.3, -0.25) is 4.79 Å². The molecular weight excluding hydrogens is 232 g/mol. The molecule has 1 heterocycles. The number of nitrogens with one attached hydrogen (secondary N) is 1. The monoisotopic (exact) mass is 250 g/mol. The molecule has 98 valence electrons. The fourth-order valence-electron chi connectivity index (χ4n) is 1.84. The van der Waals surface area contributed by atoms with Crippen molar-refractivity contribution < 1.29 is 14.3 Å². The van der Waals surface area contributed by atoms with Gasteiger partial charge in [-0.15, -0.1) is 0 Å². The Labute approximate surface area is 106 Å². The van der Waals surface area contributed by atoms with Crippen LogP contribution >= 0.6 is 0 Å². The minimum atomic E-state index is -0.153. The van der Waals surface area contributed by atoms with E-state index in [-0.39, 0.29) is 11.3 Å². The van der Waals surface area contributed by atoms with Gasteiger partial charge in [0, 0.05) is 23.7 Å². The van der Waals surface area contributed by atoms with E-state index >= 15 is 0 Å². The van der Waals surface area contributed by atoms with E-state index in [2.05, 4.69) is 12.2 Å². The molecule has 0 spiro atoms. The van der Waals surface area contributed by atoms with Crippen LogP contribution in [0.2, 0.25) is 0 Å². The molecule has 18 heavy (non-hydrogen) atoms. The van der Waals surface area contributed by atoms with Gasteiger partial charge in [0.25, 0.3) is 5.91 Å². The number of nitrogen functional groups attached to an aromatic ring is 1. The van der Waals surface area contributed by atoms with E-state index in [1.165, 1.54) is 7.11 Å². The quantitative estimate of drug-likeness (QED) is 0.783.